The van der Waals surface area contributed by atoms with Crippen molar-refractivity contribution in [2.75, 3.05) is 6.61 Å². The molecule has 26 heavy (non-hydrogen) atoms. The van der Waals surface area contributed by atoms with Gasteiger partial charge in [0.2, 0.25) is 11.5 Å². The van der Waals surface area contributed by atoms with Crippen molar-refractivity contribution in [3.05, 3.63) is 58.6 Å². The highest BCUT2D eigenvalue weighted by Gasteiger charge is 2.28. The van der Waals surface area contributed by atoms with Crippen LogP contribution in [-0.4, -0.2) is 22.9 Å². The number of carbonyl (C=O) groups is 2. The Labute approximate surface area is 151 Å². The lowest BCUT2D eigenvalue weighted by molar-refractivity contribution is 0.0445. The Hall–Kier alpha value is -2.82. The number of aromatic nitrogens is 1. The second-order valence-electron chi connectivity index (χ2n) is 6.94. The molecule has 0 aliphatic heterocycles. The van der Waals surface area contributed by atoms with Crippen molar-refractivity contribution >= 4 is 22.7 Å². The maximum atomic E-state index is 12.5. The summed E-state index contributed by atoms with van der Waals surface area (Å²) < 4.78 is 13.0. The molecule has 0 radical (unpaired) electrons. The van der Waals surface area contributed by atoms with Gasteiger partial charge in [-0.2, -0.15) is 0 Å². The molecule has 1 aliphatic carbocycles. The van der Waals surface area contributed by atoms with Crippen LogP contribution in [-0.2, 0) is 4.74 Å². The van der Waals surface area contributed by atoms with Gasteiger partial charge in [-0.25, -0.2) is 4.79 Å². The van der Waals surface area contributed by atoms with Gasteiger partial charge in [-0.3, -0.25) is 4.79 Å². The van der Waals surface area contributed by atoms with Gasteiger partial charge in [-0.15, -0.1) is 0 Å². The predicted octanol–water partition coefficient (Wildman–Crippen LogP) is 4.53. The highest BCUT2D eigenvalue weighted by molar-refractivity contribution is 6.01. The van der Waals surface area contributed by atoms with Crippen LogP contribution >= 0.6 is 0 Å². The fourth-order valence-corrected chi connectivity index (χ4v) is 3.60. The Morgan fingerprint density at radius 2 is 1.92 bits per heavy atom. The first kappa shape index (κ1) is 16.6. The summed E-state index contributed by atoms with van der Waals surface area (Å²) in [5.41, 5.74) is 4.02. The van der Waals surface area contributed by atoms with Crippen LogP contribution in [0.15, 0.2) is 34.7 Å². The molecule has 134 valence electrons. The molecule has 0 unspecified atom stereocenters. The van der Waals surface area contributed by atoms with E-state index in [0.717, 1.165) is 35.2 Å². The Morgan fingerprint density at radius 3 is 2.62 bits per heavy atom. The standard InChI is InChI=1S/C21H21NO4/c1-12-10-17(14(3)22(12)15-8-9-15)18(23)11-25-21(24)20-13(2)16-6-4-5-7-19(16)26-20/h4-7,10,15H,8-9,11H2,1-3H3. The van der Waals surface area contributed by atoms with E-state index in [1.165, 1.54) is 0 Å². The van der Waals surface area contributed by atoms with Crippen LogP contribution in [0, 0.1) is 20.8 Å². The van der Waals surface area contributed by atoms with Gasteiger partial charge < -0.3 is 13.7 Å². The van der Waals surface area contributed by atoms with Crippen molar-refractivity contribution in [3.8, 4) is 0 Å². The van der Waals surface area contributed by atoms with Crippen molar-refractivity contribution in [3.63, 3.8) is 0 Å². The molecule has 4 rings (SSSR count). The average Bonchev–Trinajstić information content (AvgIpc) is 3.34. The molecule has 0 bridgehead atoms. The van der Waals surface area contributed by atoms with E-state index in [4.69, 9.17) is 9.15 Å². The summed E-state index contributed by atoms with van der Waals surface area (Å²) in [6, 6.07) is 9.83. The first-order valence-electron chi connectivity index (χ1n) is 8.84. The van der Waals surface area contributed by atoms with E-state index in [9.17, 15) is 9.59 Å². The molecule has 1 saturated carbocycles. The number of Topliss-reactive ketones (excluding diaryl/α,β-unsaturated/α-hetero) is 1. The summed E-state index contributed by atoms with van der Waals surface area (Å²) in [4.78, 5) is 24.9. The molecule has 0 amide bonds. The summed E-state index contributed by atoms with van der Waals surface area (Å²) in [6.45, 7) is 5.48. The van der Waals surface area contributed by atoms with Gasteiger partial charge in [-0.05, 0) is 45.7 Å². The van der Waals surface area contributed by atoms with Crippen molar-refractivity contribution in [1.29, 1.82) is 0 Å². The number of fused-ring (bicyclic) bond motifs is 1. The molecule has 5 nitrogen and oxygen atoms in total. The van der Waals surface area contributed by atoms with Gasteiger partial charge in [-0.1, -0.05) is 18.2 Å². The maximum absolute atomic E-state index is 12.5. The van der Waals surface area contributed by atoms with Gasteiger partial charge in [0.1, 0.15) is 5.58 Å². The Morgan fingerprint density at radius 1 is 1.19 bits per heavy atom. The first-order valence-corrected chi connectivity index (χ1v) is 8.84. The molecule has 0 N–H and O–H groups in total. The van der Waals surface area contributed by atoms with Crippen LogP contribution in [0.4, 0.5) is 0 Å². The van der Waals surface area contributed by atoms with E-state index in [-0.39, 0.29) is 18.2 Å². The number of aryl methyl sites for hydroxylation is 2. The molecule has 2 aromatic heterocycles. The fourth-order valence-electron chi connectivity index (χ4n) is 3.60. The smallest absolute Gasteiger partial charge is 0.375 e. The lowest BCUT2D eigenvalue weighted by Gasteiger charge is -2.07. The predicted molar refractivity (Wildman–Crippen MR) is 97.7 cm³/mol. The lowest BCUT2D eigenvalue weighted by atomic mass is 10.1. The molecule has 0 atom stereocenters. The van der Waals surface area contributed by atoms with Crippen LogP contribution in [0.3, 0.4) is 0 Å². The molecule has 0 spiro atoms. The number of ketones is 1. The van der Waals surface area contributed by atoms with Crippen molar-refractivity contribution in [1.82, 2.24) is 4.57 Å². The van der Waals surface area contributed by atoms with Gasteiger partial charge in [0.25, 0.3) is 0 Å². The van der Waals surface area contributed by atoms with Gasteiger partial charge in [0, 0.05) is 33.9 Å². The van der Waals surface area contributed by atoms with E-state index < -0.39 is 5.97 Å². The molecule has 0 saturated heterocycles. The van der Waals surface area contributed by atoms with E-state index in [1.807, 2.05) is 45.0 Å². The highest BCUT2D eigenvalue weighted by atomic mass is 16.5. The number of benzene rings is 1. The number of hydrogen-bond donors (Lipinski definition) is 0. The number of carbonyl (C=O) groups excluding carboxylic acids is 2. The first-order chi connectivity index (χ1) is 12.5. The Balaban J connectivity index is 1.50. The number of rotatable bonds is 5. The topological polar surface area (TPSA) is 61.4 Å². The second-order valence-corrected chi connectivity index (χ2v) is 6.94. The van der Waals surface area contributed by atoms with Crippen molar-refractivity contribution < 1.29 is 18.7 Å². The monoisotopic (exact) mass is 351 g/mol. The largest absolute Gasteiger partial charge is 0.451 e. The zero-order chi connectivity index (χ0) is 18.4. The number of esters is 1. The van der Waals surface area contributed by atoms with E-state index in [1.54, 1.807) is 6.07 Å². The van der Waals surface area contributed by atoms with Crippen LogP contribution in [0.1, 0.15) is 56.7 Å². The molecule has 1 aromatic carbocycles. The number of hydrogen-bond acceptors (Lipinski definition) is 4. The minimum absolute atomic E-state index is 0.155. The SMILES string of the molecule is Cc1c(C(=O)OCC(=O)c2cc(C)n(C3CC3)c2C)oc2ccccc12. The zero-order valence-electron chi connectivity index (χ0n) is 15.2. The Bertz CT molecular complexity index is 1020. The quantitative estimate of drug-likeness (QED) is 0.500. The number of ether oxygens (including phenoxy) is 1. The van der Waals surface area contributed by atoms with E-state index in [0.29, 0.717) is 17.2 Å². The van der Waals surface area contributed by atoms with Gasteiger partial charge in [0.05, 0.1) is 0 Å². The third-order valence-electron chi connectivity index (χ3n) is 5.06. The summed E-state index contributed by atoms with van der Waals surface area (Å²) >= 11 is 0. The van der Waals surface area contributed by atoms with Gasteiger partial charge >= 0.3 is 5.97 Å². The third kappa shape index (κ3) is 2.73. The van der Waals surface area contributed by atoms with Crippen LogP contribution < -0.4 is 0 Å². The molecular weight excluding hydrogens is 330 g/mol. The third-order valence-corrected chi connectivity index (χ3v) is 5.06. The van der Waals surface area contributed by atoms with Crippen molar-refractivity contribution in [2.45, 2.75) is 39.7 Å². The molecule has 3 aromatic rings. The zero-order valence-corrected chi connectivity index (χ0v) is 15.2. The number of nitrogens with zero attached hydrogens (tertiary/aromatic N) is 1. The van der Waals surface area contributed by atoms with Crippen LogP contribution in [0.2, 0.25) is 0 Å². The molecule has 1 fully saturated rings. The van der Waals surface area contributed by atoms with Gasteiger partial charge in [0.15, 0.2) is 6.61 Å². The summed E-state index contributed by atoms with van der Waals surface area (Å²) in [5.74, 6) is -0.641. The summed E-state index contributed by atoms with van der Waals surface area (Å²) in [6.07, 6.45) is 2.31. The number of furan rings is 1. The molecule has 2 heterocycles. The van der Waals surface area contributed by atoms with E-state index >= 15 is 0 Å². The highest BCUT2D eigenvalue weighted by Crippen LogP contribution is 2.38. The molecular formula is C21H21NO4. The summed E-state index contributed by atoms with van der Waals surface area (Å²) in [7, 11) is 0. The van der Waals surface area contributed by atoms with Crippen molar-refractivity contribution in [2.24, 2.45) is 0 Å². The fraction of sp³-hybridized carbons (Fsp3) is 0.333. The molecule has 5 heteroatoms. The minimum atomic E-state index is -0.608. The van der Waals surface area contributed by atoms with Crippen LogP contribution in [0.25, 0.3) is 11.0 Å². The van der Waals surface area contributed by atoms with E-state index in [2.05, 4.69) is 4.57 Å². The molecule has 1 aliphatic rings. The lowest BCUT2D eigenvalue weighted by Crippen LogP contribution is -2.15. The normalized spacial score (nSPS) is 14.0. The maximum Gasteiger partial charge on any atom is 0.375 e. The Kier molecular flexibility index (Phi) is 3.94. The van der Waals surface area contributed by atoms with Crippen LogP contribution in [0.5, 0.6) is 0 Å². The average molecular weight is 351 g/mol. The second kappa shape index (κ2) is 6.16. The number of para-hydroxylation sites is 1. The minimum Gasteiger partial charge on any atom is -0.451 e. The summed E-state index contributed by atoms with van der Waals surface area (Å²) in [5, 5.41) is 0.874.